The summed E-state index contributed by atoms with van der Waals surface area (Å²) in [5, 5.41) is 10.3. The van der Waals surface area contributed by atoms with Crippen LogP contribution < -0.4 is 0 Å². The average molecular weight is 445 g/mol. The molecule has 1 aliphatic carbocycles. The van der Waals surface area contributed by atoms with Gasteiger partial charge in [0.05, 0.1) is 11.0 Å². The zero-order valence-electron chi connectivity index (χ0n) is 15.5. The van der Waals surface area contributed by atoms with Crippen molar-refractivity contribution >= 4 is 40.5 Å². The van der Waals surface area contributed by atoms with Crippen molar-refractivity contribution in [2.24, 2.45) is 11.8 Å². The van der Waals surface area contributed by atoms with Crippen LogP contribution in [0.4, 0.5) is 8.78 Å². The van der Waals surface area contributed by atoms with Crippen LogP contribution in [-0.2, 0) is 6.42 Å². The molecule has 2 nitrogen and oxygen atoms in total. The highest BCUT2D eigenvalue weighted by Gasteiger charge is 2.40. The van der Waals surface area contributed by atoms with Crippen molar-refractivity contribution in [2.75, 3.05) is 5.75 Å². The van der Waals surface area contributed by atoms with Gasteiger partial charge >= 0.3 is 0 Å². The van der Waals surface area contributed by atoms with Gasteiger partial charge in [-0.3, -0.25) is 4.79 Å². The summed E-state index contributed by atoms with van der Waals surface area (Å²) in [6.07, 6.45) is 2.73. The fourth-order valence-electron chi connectivity index (χ4n) is 3.78. The molecule has 1 aliphatic rings. The van der Waals surface area contributed by atoms with Gasteiger partial charge in [-0.2, -0.15) is 0 Å². The second-order valence-corrected chi connectivity index (χ2v) is 10.1. The normalized spacial score (nSPS) is 24.6. The molecule has 0 amide bonds. The fraction of sp³-hybridized carbons (Fsp3) is 0.476. The van der Waals surface area contributed by atoms with E-state index in [0.29, 0.717) is 17.1 Å². The molecule has 0 spiro atoms. The first-order valence-corrected chi connectivity index (χ1v) is 11.6. The van der Waals surface area contributed by atoms with E-state index in [1.54, 1.807) is 6.92 Å². The van der Waals surface area contributed by atoms with E-state index in [4.69, 9.17) is 11.6 Å². The van der Waals surface area contributed by atoms with Crippen LogP contribution in [0.2, 0.25) is 0 Å². The van der Waals surface area contributed by atoms with Crippen LogP contribution in [0, 0.1) is 23.5 Å². The third-order valence-electron chi connectivity index (χ3n) is 5.22. The standard InChI is InChI=1S/C21H23ClF2O2S2/c1-12(25)21-6-5-15(28-21)3-2-4-17-18(20(26)10-19(17)22)11-27-16-8-13(23)7-14(24)9-16/h5-9,17-20,26H,2-4,10-11H2,1H3/t17-,18-,19-,20-/m1/s1. The van der Waals surface area contributed by atoms with Crippen molar-refractivity contribution in [3.63, 3.8) is 0 Å². The number of thioether (sulfide) groups is 1. The van der Waals surface area contributed by atoms with Crippen molar-refractivity contribution < 1.29 is 18.7 Å². The Bertz CT molecular complexity index is 806. The first kappa shape index (κ1) is 21.8. The Hall–Kier alpha value is -0.950. The average Bonchev–Trinajstić information content (AvgIpc) is 3.18. The summed E-state index contributed by atoms with van der Waals surface area (Å²) >= 11 is 9.38. The van der Waals surface area contributed by atoms with Gasteiger partial charge in [-0.1, -0.05) is 0 Å². The Labute approximate surface area is 177 Å². The highest BCUT2D eigenvalue weighted by molar-refractivity contribution is 7.99. The molecule has 1 N–H and O–H groups in total. The predicted octanol–water partition coefficient (Wildman–Crippen LogP) is 5.95. The smallest absolute Gasteiger partial charge is 0.169 e. The molecular formula is C21H23ClF2O2S2. The topological polar surface area (TPSA) is 37.3 Å². The Morgan fingerprint density at radius 3 is 2.61 bits per heavy atom. The van der Waals surface area contributed by atoms with Gasteiger partial charge in [-0.25, -0.2) is 8.78 Å². The number of hydrogen-bond donors (Lipinski definition) is 1. The lowest BCUT2D eigenvalue weighted by Gasteiger charge is -2.23. The first-order valence-electron chi connectivity index (χ1n) is 9.34. The number of Topliss-reactive ketones (excluding diaryl/α,β-unsaturated/α-hetero) is 1. The molecule has 152 valence electrons. The van der Waals surface area contributed by atoms with Gasteiger partial charge in [-0.15, -0.1) is 34.7 Å². The molecule has 0 unspecified atom stereocenters. The number of alkyl halides is 1. The molecule has 1 fully saturated rings. The molecule has 1 aromatic heterocycles. The van der Waals surface area contributed by atoms with Crippen LogP contribution in [0.3, 0.4) is 0 Å². The van der Waals surface area contributed by atoms with Gasteiger partial charge in [0.25, 0.3) is 0 Å². The summed E-state index contributed by atoms with van der Waals surface area (Å²) in [6.45, 7) is 1.57. The number of carbonyl (C=O) groups excluding carboxylic acids is 1. The Balaban J connectivity index is 1.56. The summed E-state index contributed by atoms with van der Waals surface area (Å²) in [7, 11) is 0. The number of thiophene rings is 1. The van der Waals surface area contributed by atoms with E-state index >= 15 is 0 Å². The van der Waals surface area contributed by atoms with Crippen molar-refractivity contribution in [3.8, 4) is 0 Å². The highest BCUT2D eigenvalue weighted by atomic mass is 35.5. The van der Waals surface area contributed by atoms with Crippen LogP contribution >= 0.6 is 34.7 Å². The molecule has 0 radical (unpaired) electrons. The maximum Gasteiger partial charge on any atom is 0.169 e. The fourth-order valence-corrected chi connectivity index (χ4v) is 6.47. The molecule has 1 heterocycles. The van der Waals surface area contributed by atoms with Gasteiger partial charge in [-0.05, 0) is 68.7 Å². The van der Waals surface area contributed by atoms with Crippen molar-refractivity contribution in [1.29, 1.82) is 0 Å². The summed E-state index contributed by atoms with van der Waals surface area (Å²) in [5.41, 5.74) is 0. The number of ketones is 1. The summed E-state index contributed by atoms with van der Waals surface area (Å²) < 4.78 is 26.8. The number of halogens is 3. The van der Waals surface area contributed by atoms with Gasteiger partial charge < -0.3 is 5.11 Å². The number of aliphatic hydroxyl groups excluding tert-OH is 1. The van der Waals surface area contributed by atoms with Gasteiger partial charge in [0.2, 0.25) is 0 Å². The van der Waals surface area contributed by atoms with Gasteiger partial charge in [0, 0.05) is 27.0 Å². The quantitative estimate of drug-likeness (QED) is 0.310. The Kier molecular flexibility index (Phi) is 7.54. The monoisotopic (exact) mass is 444 g/mol. The second-order valence-electron chi connectivity index (χ2n) is 7.28. The minimum absolute atomic E-state index is 0.00468. The number of hydrogen-bond acceptors (Lipinski definition) is 4. The van der Waals surface area contributed by atoms with E-state index in [2.05, 4.69) is 0 Å². The largest absolute Gasteiger partial charge is 0.393 e. The van der Waals surface area contributed by atoms with E-state index in [1.165, 1.54) is 40.1 Å². The van der Waals surface area contributed by atoms with Crippen LogP contribution in [0.1, 0.15) is 40.7 Å². The minimum atomic E-state index is -0.595. The number of benzene rings is 1. The molecule has 0 bridgehead atoms. The van der Waals surface area contributed by atoms with E-state index in [9.17, 15) is 18.7 Å². The van der Waals surface area contributed by atoms with E-state index < -0.39 is 17.7 Å². The zero-order valence-corrected chi connectivity index (χ0v) is 17.9. The number of aliphatic hydroxyl groups is 1. The molecular weight excluding hydrogens is 422 g/mol. The number of carbonyl (C=O) groups is 1. The van der Waals surface area contributed by atoms with Gasteiger partial charge in [0.15, 0.2) is 5.78 Å². The zero-order chi connectivity index (χ0) is 20.3. The molecule has 1 aromatic carbocycles. The van der Waals surface area contributed by atoms with E-state index in [-0.39, 0.29) is 23.0 Å². The third-order valence-corrected chi connectivity index (χ3v) is 8.09. The number of rotatable bonds is 8. The molecule has 1 saturated carbocycles. The predicted molar refractivity (Wildman–Crippen MR) is 112 cm³/mol. The summed E-state index contributed by atoms with van der Waals surface area (Å²) in [6, 6.07) is 7.34. The molecule has 4 atom stereocenters. The molecule has 2 aromatic rings. The maximum absolute atomic E-state index is 13.4. The molecule has 7 heteroatoms. The second kappa shape index (κ2) is 9.70. The third kappa shape index (κ3) is 5.56. The lowest BCUT2D eigenvalue weighted by atomic mass is 9.91. The molecule has 3 rings (SSSR count). The van der Waals surface area contributed by atoms with E-state index in [0.717, 1.165) is 30.2 Å². The van der Waals surface area contributed by atoms with Crippen molar-refractivity contribution in [1.82, 2.24) is 0 Å². The first-order chi connectivity index (χ1) is 13.3. The van der Waals surface area contributed by atoms with Crippen LogP contribution in [-0.4, -0.2) is 28.1 Å². The Morgan fingerprint density at radius 1 is 1.25 bits per heavy atom. The molecule has 0 saturated heterocycles. The van der Waals surface area contributed by atoms with Crippen molar-refractivity contribution in [3.05, 3.63) is 51.7 Å². The molecule has 28 heavy (non-hydrogen) atoms. The van der Waals surface area contributed by atoms with E-state index in [1.807, 2.05) is 12.1 Å². The summed E-state index contributed by atoms with van der Waals surface area (Å²) in [4.78, 5) is 13.9. The van der Waals surface area contributed by atoms with Gasteiger partial charge in [0.1, 0.15) is 11.6 Å². The van der Waals surface area contributed by atoms with Crippen LogP contribution in [0.5, 0.6) is 0 Å². The summed E-state index contributed by atoms with van der Waals surface area (Å²) in [5.74, 6) is -0.373. The Morgan fingerprint density at radius 2 is 1.96 bits per heavy atom. The highest BCUT2D eigenvalue weighted by Crippen LogP contribution is 2.42. The maximum atomic E-state index is 13.4. The van der Waals surface area contributed by atoms with Crippen molar-refractivity contribution in [2.45, 2.75) is 49.0 Å². The minimum Gasteiger partial charge on any atom is -0.393 e. The van der Waals surface area contributed by atoms with Crippen LogP contribution in [0.15, 0.2) is 35.2 Å². The lowest BCUT2D eigenvalue weighted by Crippen LogP contribution is -2.23. The lowest BCUT2D eigenvalue weighted by molar-refractivity contribution is 0.102. The molecule has 0 aliphatic heterocycles. The number of aryl methyl sites for hydroxylation is 1. The SMILES string of the molecule is CC(=O)c1ccc(CCC[C@@H]2[C@@H](CSc3cc(F)cc(F)c3)[C@H](O)C[C@H]2Cl)s1. The van der Waals surface area contributed by atoms with Crippen LogP contribution in [0.25, 0.3) is 0 Å².